The van der Waals surface area contributed by atoms with Crippen molar-refractivity contribution in [2.45, 2.75) is 25.8 Å². The Morgan fingerprint density at radius 2 is 1.77 bits per heavy atom. The Bertz CT molecular complexity index is 179. The highest BCUT2D eigenvalue weighted by atomic mass is 28.3. The summed E-state index contributed by atoms with van der Waals surface area (Å²) in [5.74, 6) is -0.843. The van der Waals surface area contributed by atoms with Crippen molar-refractivity contribution in [1.82, 2.24) is 0 Å². The van der Waals surface area contributed by atoms with Gasteiger partial charge in [0.1, 0.15) is 5.04 Å². The van der Waals surface area contributed by atoms with Crippen LogP contribution in [0, 0.1) is 5.92 Å². The van der Waals surface area contributed by atoms with E-state index in [1.165, 1.54) is 14.2 Å². The number of carboxylic acid groups (broad SMARTS) is 1. The molecule has 13 heavy (non-hydrogen) atoms. The van der Waals surface area contributed by atoms with E-state index in [0.29, 0.717) is 0 Å². The summed E-state index contributed by atoms with van der Waals surface area (Å²) in [6.07, 6.45) is 0. The van der Waals surface area contributed by atoms with Gasteiger partial charge in [-0.25, -0.2) is 0 Å². The molecule has 1 atom stereocenters. The van der Waals surface area contributed by atoms with E-state index in [-0.39, 0.29) is 5.92 Å². The van der Waals surface area contributed by atoms with E-state index in [1.807, 2.05) is 13.8 Å². The number of carbonyl (C=O) groups is 1. The van der Waals surface area contributed by atoms with Gasteiger partial charge in [-0.3, -0.25) is 4.79 Å². The van der Waals surface area contributed by atoms with Crippen molar-refractivity contribution in [1.29, 1.82) is 0 Å². The van der Waals surface area contributed by atoms with Crippen molar-refractivity contribution >= 4 is 15.3 Å². The van der Waals surface area contributed by atoms with Crippen LogP contribution in [-0.2, 0) is 13.6 Å². The molecule has 1 unspecified atom stereocenters. The Kier molecular flexibility index (Phi) is 4.59. The average molecular weight is 206 g/mol. The lowest BCUT2D eigenvalue weighted by molar-refractivity contribution is -0.142. The van der Waals surface area contributed by atoms with Crippen molar-refractivity contribution in [2.75, 3.05) is 14.2 Å². The maximum absolute atomic E-state index is 11.1. The SMILES string of the molecule is CO[SiH](OC)C(C)(C(=O)O)C(C)C. The highest BCUT2D eigenvalue weighted by Crippen LogP contribution is 2.38. The summed E-state index contributed by atoms with van der Waals surface area (Å²) in [5.41, 5.74) is 0. The second kappa shape index (κ2) is 4.73. The van der Waals surface area contributed by atoms with Crippen LogP contribution in [0.25, 0.3) is 0 Å². The van der Waals surface area contributed by atoms with E-state index in [1.54, 1.807) is 6.92 Å². The van der Waals surface area contributed by atoms with Gasteiger partial charge in [0, 0.05) is 14.2 Å². The zero-order chi connectivity index (χ0) is 10.6. The predicted octanol–water partition coefficient (Wildman–Crippen LogP) is 1.00. The van der Waals surface area contributed by atoms with E-state index in [2.05, 4.69) is 0 Å². The lowest BCUT2D eigenvalue weighted by atomic mass is 9.97. The smallest absolute Gasteiger partial charge is 0.338 e. The molecule has 0 aromatic rings. The van der Waals surface area contributed by atoms with Gasteiger partial charge >= 0.3 is 15.3 Å². The minimum atomic E-state index is -2.14. The van der Waals surface area contributed by atoms with Gasteiger partial charge in [0.2, 0.25) is 0 Å². The van der Waals surface area contributed by atoms with E-state index < -0.39 is 20.3 Å². The van der Waals surface area contributed by atoms with Crippen molar-refractivity contribution in [2.24, 2.45) is 5.92 Å². The van der Waals surface area contributed by atoms with Crippen LogP contribution in [0.4, 0.5) is 0 Å². The highest BCUT2D eigenvalue weighted by molar-refractivity contribution is 6.54. The molecule has 0 saturated heterocycles. The zero-order valence-corrected chi connectivity index (χ0v) is 9.98. The molecule has 0 aliphatic carbocycles. The minimum Gasteiger partial charge on any atom is -0.481 e. The third-order valence-electron chi connectivity index (χ3n) is 2.58. The number of rotatable bonds is 5. The zero-order valence-electron chi connectivity index (χ0n) is 8.83. The van der Waals surface area contributed by atoms with Gasteiger partial charge in [0.25, 0.3) is 0 Å². The van der Waals surface area contributed by atoms with Crippen LogP contribution in [0.15, 0.2) is 0 Å². The van der Waals surface area contributed by atoms with Gasteiger partial charge in [0.15, 0.2) is 0 Å². The quantitative estimate of drug-likeness (QED) is 0.682. The molecular weight excluding hydrogens is 188 g/mol. The van der Waals surface area contributed by atoms with Gasteiger partial charge in [-0.1, -0.05) is 13.8 Å². The maximum Gasteiger partial charge on any atom is 0.338 e. The Labute approximate surface area is 80.7 Å². The maximum atomic E-state index is 11.1. The summed E-state index contributed by atoms with van der Waals surface area (Å²) < 4.78 is 10.2. The van der Waals surface area contributed by atoms with Crippen LogP contribution in [0.5, 0.6) is 0 Å². The van der Waals surface area contributed by atoms with Gasteiger partial charge in [-0.2, -0.15) is 0 Å². The summed E-state index contributed by atoms with van der Waals surface area (Å²) in [7, 11) is 0.871. The van der Waals surface area contributed by atoms with E-state index >= 15 is 0 Å². The molecular formula is C8H18O4Si. The van der Waals surface area contributed by atoms with Gasteiger partial charge in [-0.05, 0) is 12.8 Å². The van der Waals surface area contributed by atoms with Crippen LogP contribution in [0.2, 0.25) is 5.04 Å². The van der Waals surface area contributed by atoms with Crippen molar-refractivity contribution in [3.8, 4) is 0 Å². The first kappa shape index (κ1) is 12.6. The lowest BCUT2D eigenvalue weighted by Gasteiger charge is -2.33. The molecule has 0 rings (SSSR count). The third-order valence-corrected chi connectivity index (χ3v) is 5.33. The number of hydrogen-bond acceptors (Lipinski definition) is 3. The van der Waals surface area contributed by atoms with Crippen LogP contribution in [0.1, 0.15) is 20.8 Å². The van der Waals surface area contributed by atoms with Gasteiger partial charge in [-0.15, -0.1) is 0 Å². The largest absolute Gasteiger partial charge is 0.481 e. The Balaban J connectivity index is 4.86. The van der Waals surface area contributed by atoms with E-state index in [0.717, 1.165) is 0 Å². The molecule has 4 nitrogen and oxygen atoms in total. The average Bonchev–Trinajstić information content (AvgIpc) is 2.05. The van der Waals surface area contributed by atoms with E-state index in [4.69, 9.17) is 14.0 Å². The molecule has 0 fully saturated rings. The standard InChI is InChI=1S/C8H18O4Si/c1-6(2)8(3,7(9)10)13(11-4)12-5/h6,13H,1-5H3,(H,9,10). The van der Waals surface area contributed by atoms with Crippen LogP contribution < -0.4 is 0 Å². The highest BCUT2D eigenvalue weighted by Gasteiger charge is 2.47. The molecule has 1 N–H and O–H groups in total. The number of aliphatic carboxylic acids is 1. The third kappa shape index (κ3) is 2.29. The van der Waals surface area contributed by atoms with Crippen LogP contribution in [-0.4, -0.2) is 34.6 Å². The summed E-state index contributed by atoms with van der Waals surface area (Å²) in [5, 5.41) is 8.24. The molecule has 0 spiro atoms. The van der Waals surface area contributed by atoms with Crippen molar-refractivity contribution < 1.29 is 18.8 Å². The molecule has 0 bridgehead atoms. The molecule has 0 aliphatic heterocycles. The fourth-order valence-corrected chi connectivity index (χ4v) is 3.12. The van der Waals surface area contributed by atoms with Gasteiger partial charge < -0.3 is 14.0 Å². The first-order valence-electron chi connectivity index (χ1n) is 4.20. The first-order chi connectivity index (χ1) is 5.91. The molecule has 0 aliphatic rings. The summed E-state index contributed by atoms with van der Waals surface area (Å²) >= 11 is 0. The monoisotopic (exact) mass is 206 g/mol. The molecule has 5 heteroatoms. The molecule has 0 radical (unpaired) electrons. The molecule has 0 amide bonds. The summed E-state index contributed by atoms with van der Waals surface area (Å²) in [4.78, 5) is 11.1. The number of carboxylic acids is 1. The summed E-state index contributed by atoms with van der Waals surface area (Å²) in [6, 6.07) is 0. The summed E-state index contributed by atoms with van der Waals surface area (Å²) in [6.45, 7) is 5.42. The van der Waals surface area contributed by atoms with Crippen molar-refractivity contribution in [3.63, 3.8) is 0 Å². The lowest BCUT2D eigenvalue weighted by Crippen LogP contribution is -2.44. The van der Waals surface area contributed by atoms with Crippen LogP contribution in [0.3, 0.4) is 0 Å². The first-order valence-corrected chi connectivity index (χ1v) is 5.72. The molecule has 0 saturated carbocycles. The van der Waals surface area contributed by atoms with Gasteiger partial charge in [0.05, 0.1) is 0 Å². The minimum absolute atomic E-state index is 0.00145. The Morgan fingerprint density at radius 3 is 1.85 bits per heavy atom. The normalized spacial score (nSPS) is 16.2. The Hall–Kier alpha value is -0.393. The molecule has 0 aromatic carbocycles. The fraction of sp³-hybridized carbons (Fsp3) is 0.875. The second-order valence-corrected chi connectivity index (χ2v) is 6.35. The van der Waals surface area contributed by atoms with Crippen LogP contribution >= 0.6 is 0 Å². The predicted molar refractivity (Wildman–Crippen MR) is 52.0 cm³/mol. The topological polar surface area (TPSA) is 55.8 Å². The molecule has 0 heterocycles. The fourth-order valence-electron chi connectivity index (χ4n) is 1.21. The molecule has 0 aromatic heterocycles. The number of hydrogen-bond donors (Lipinski definition) is 1. The van der Waals surface area contributed by atoms with E-state index in [9.17, 15) is 4.79 Å². The Morgan fingerprint density at radius 1 is 1.38 bits per heavy atom. The second-order valence-electron chi connectivity index (χ2n) is 3.55. The van der Waals surface area contributed by atoms with Crippen molar-refractivity contribution in [3.05, 3.63) is 0 Å². The molecule has 78 valence electrons.